The lowest BCUT2D eigenvalue weighted by molar-refractivity contribution is -0.146. The highest BCUT2D eigenvalue weighted by Crippen LogP contribution is 2.03. The smallest absolute Gasteiger partial charge is 0.332 e. The monoisotopic (exact) mass is 259 g/mol. The summed E-state index contributed by atoms with van der Waals surface area (Å²) in [6, 6.07) is -0.988. The van der Waals surface area contributed by atoms with Crippen molar-refractivity contribution in [3.05, 3.63) is 0 Å². The Morgan fingerprint density at radius 1 is 1.61 bits per heavy atom. The highest BCUT2D eigenvalue weighted by Gasteiger charge is 2.29. The minimum Gasteiger partial charge on any atom is -0.479 e. The van der Waals surface area contributed by atoms with Crippen LogP contribution in [0.25, 0.3) is 0 Å². The normalized spacial score (nSPS) is 21.1. The molecule has 1 fully saturated rings. The molecule has 1 rings (SSSR count). The van der Waals surface area contributed by atoms with E-state index >= 15 is 0 Å². The highest BCUT2D eigenvalue weighted by atomic mass is 16.4. The van der Waals surface area contributed by atoms with Crippen molar-refractivity contribution in [3.63, 3.8) is 0 Å². The van der Waals surface area contributed by atoms with E-state index in [2.05, 4.69) is 10.6 Å². The molecule has 8 nitrogen and oxygen atoms in total. The summed E-state index contributed by atoms with van der Waals surface area (Å²) in [5.41, 5.74) is 0. The second kappa shape index (κ2) is 6.20. The summed E-state index contributed by atoms with van der Waals surface area (Å²) in [6.07, 6.45) is -1.57. The fourth-order valence-corrected chi connectivity index (χ4v) is 1.60. The summed E-state index contributed by atoms with van der Waals surface area (Å²) in [7, 11) is 0. The lowest BCUT2D eigenvalue weighted by atomic mass is 10.2. The fourth-order valence-electron chi connectivity index (χ4n) is 1.60. The molecule has 1 saturated heterocycles. The van der Waals surface area contributed by atoms with E-state index in [1.54, 1.807) is 6.92 Å². The van der Waals surface area contributed by atoms with Gasteiger partial charge in [0.25, 0.3) is 0 Å². The molecule has 102 valence electrons. The number of carboxylic acid groups (broad SMARTS) is 1. The number of hydrogen-bond acceptors (Lipinski definition) is 4. The van der Waals surface area contributed by atoms with E-state index in [1.807, 2.05) is 0 Å². The van der Waals surface area contributed by atoms with Crippen molar-refractivity contribution in [2.75, 3.05) is 19.6 Å². The summed E-state index contributed by atoms with van der Waals surface area (Å²) in [4.78, 5) is 34.8. The van der Waals surface area contributed by atoms with E-state index in [1.165, 1.54) is 4.90 Å². The van der Waals surface area contributed by atoms with Crippen molar-refractivity contribution in [2.45, 2.75) is 25.5 Å². The van der Waals surface area contributed by atoms with Crippen molar-refractivity contribution in [2.24, 2.45) is 0 Å². The molecule has 0 saturated carbocycles. The predicted molar refractivity (Wildman–Crippen MR) is 60.8 cm³/mol. The zero-order valence-corrected chi connectivity index (χ0v) is 10.0. The van der Waals surface area contributed by atoms with Crippen LogP contribution in [0, 0.1) is 0 Å². The van der Waals surface area contributed by atoms with Gasteiger partial charge in [-0.1, -0.05) is 0 Å². The number of urea groups is 1. The number of rotatable bonds is 4. The Kier molecular flexibility index (Phi) is 4.90. The van der Waals surface area contributed by atoms with Gasteiger partial charge in [-0.2, -0.15) is 0 Å². The number of carboxylic acids is 1. The lowest BCUT2D eigenvalue weighted by Gasteiger charge is -2.32. The number of nitrogens with one attached hydrogen (secondary N) is 2. The number of aliphatic hydroxyl groups is 1. The van der Waals surface area contributed by atoms with Gasteiger partial charge in [-0.15, -0.1) is 0 Å². The fraction of sp³-hybridized carbons (Fsp3) is 0.700. The van der Waals surface area contributed by atoms with Gasteiger partial charge in [0, 0.05) is 26.1 Å². The first kappa shape index (κ1) is 14.2. The molecule has 3 amide bonds. The van der Waals surface area contributed by atoms with Gasteiger partial charge in [-0.3, -0.25) is 4.79 Å². The summed E-state index contributed by atoms with van der Waals surface area (Å²) in [5, 5.41) is 22.6. The summed E-state index contributed by atoms with van der Waals surface area (Å²) < 4.78 is 0. The molecule has 0 radical (unpaired) electrons. The molecule has 1 aliphatic heterocycles. The van der Waals surface area contributed by atoms with Gasteiger partial charge >= 0.3 is 12.0 Å². The van der Waals surface area contributed by atoms with Crippen LogP contribution in [0.2, 0.25) is 0 Å². The first-order valence-corrected chi connectivity index (χ1v) is 5.66. The standard InChI is InChI=1S/C10H17N3O5/c1-6-8(15)11-4-5-13(6)10(18)12-3-2-7(14)9(16)17/h6-7,14H,2-5H2,1H3,(H,11,15)(H,12,18)(H,16,17). The molecule has 8 heteroatoms. The van der Waals surface area contributed by atoms with Gasteiger partial charge < -0.3 is 25.7 Å². The van der Waals surface area contributed by atoms with Crippen LogP contribution >= 0.6 is 0 Å². The van der Waals surface area contributed by atoms with E-state index < -0.39 is 24.1 Å². The quantitative estimate of drug-likeness (QED) is 0.482. The third kappa shape index (κ3) is 3.59. The highest BCUT2D eigenvalue weighted by molar-refractivity contribution is 5.87. The molecule has 1 heterocycles. The maximum absolute atomic E-state index is 11.7. The molecule has 0 bridgehead atoms. The van der Waals surface area contributed by atoms with Gasteiger partial charge in [0.05, 0.1) is 0 Å². The summed E-state index contributed by atoms with van der Waals surface area (Å²) in [5.74, 6) is -1.54. The molecule has 2 unspecified atom stereocenters. The van der Waals surface area contributed by atoms with E-state index in [0.29, 0.717) is 13.1 Å². The van der Waals surface area contributed by atoms with Crippen LogP contribution in [0.15, 0.2) is 0 Å². The van der Waals surface area contributed by atoms with Gasteiger partial charge in [0.2, 0.25) is 5.91 Å². The van der Waals surface area contributed by atoms with Crippen LogP contribution < -0.4 is 10.6 Å². The second-order valence-corrected chi connectivity index (χ2v) is 4.04. The molecule has 1 aliphatic rings. The van der Waals surface area contributed by atoms with Gasteiger partial charge in [-0.05, 0) is 6.92 Å². The number of aliphatic carboxylic acids is 1. The Hall–Kier alpha value is -1.83. The summed E-state index contributed by atoms with van der Waals surface area (Å²) in [6.45, 7) is 2.45. The topological polar surface area (TPSA) is 119 Å². The molecule has 0 aromatic rings. The van der Waals surface area contributed by atoms with Crippen molar-refractivity contribution in [1.82, 2.24) is 15.5 Å². The SMILES string of the molecule is CC1C(=O)NCCN1C(=O)NCCC(O)C(=O)O. The van der Waals surface area contributed by atoms with Gasteiger partial charge in [-0.25, -0.2) is 9.59 Å². The average Bonchev–Trinajstić information content (AvgIpc) is 2.32. The van der Waals surface area contributed by atoms with Crippen molar-refractivity contribution >= 4 is 17.9 Å². The van der Waals surface area contributed by atoms with Crippen LogP contribution in [0.4, 0.5) is 4.79 Å². The second-order valence-electron chi connectivity index (χ2n) is 4.04. The lowest BCUT2D eigenvalue weighted by Crippen LogP contribution is -2.58. The predicted octanol–water partition coefficient (Wildman–Crippen LogP) is -1.65. The van der Waals surface area contributed by atoms with Crippen LogP contribution in [0.1, 0.15) is 13.3 Å². The zero-order chi connectivity index (χ0) is 13.7. The minimum atomic E-state index is -1.49. The number of hydrogen-bond donors (Lipinski definition) is 4. The van der Waals surface area contributed by atoms with Crippen LogP contribution in [0.3, 0.4) is 0 Å². The number of carbonyl (C=O) groups excluding carboxylic acids is 2. The number of aliphatic hydroxyl groups excluding tert-OH is 1. The molecule has 4 N–H and O–H groups in total. The molecule has 0 spiro atoms. The van der Waals surface area contributed by atoms with Gasteiger partial charge in [0.15, 0.2) is 6.10 Å². The molecular formula is C10H17N3O5. The van der Waals surface area contributed by atoms with E-state index in [4.69, 9.17) is 10.2 Å². The number of amides is 3. The number of piperazine rings is 1. The van der Waals surface area contributed by atoms with Gasteiger partial charge in [0.1, 0.15) is 6.04 Å². The van der Waals surface area contributed by atoms with Crippen LogP contribution in [-0.4, -0.2) is 64.8 Å². The Morgan fingerprint density at radius 3 is 2.89 bits per heavy atom. The van der Waals surface area contributed by atoms with Crippen molar-refractivity contribution in [1.29, 1.82) is 0 Å². The third-order valence-electron chi connectivity index (χ3n) is 2.74. The largest absolute Gasteiger partial charge is 0.479 e. The zero-order valence-electron chi connectivity index (χ0n) is 10.0. The Morgan fingerprint density at radius 2 is 2.28 bits per heavy atom. The van der Waals surface area contributed by atoms with Crippen LogP contribution in [0.5, 0.6) is 0 Å². The van der Waals surface area contributed by atoms with Crippen molar-refractivity contribution < 1.29 is 24.6 Å². The Balaban J connectivity index is 2.36. The third-order valence-corrected chi connectivity index (χ3v) is 2.74. The first-order valence-electron chi connectivity index (χ1n) is 5.66. The van der Waals surface area contributed by atoms with E-state index in [9.17, 15) is 14.4 Å². The molecule has 0 aromatic heterocycles. The molecule has 2 atom stereocenters. The van der Waals surface area contributed by atoms with E-state index in [0.717, 1.165) is 0 Å². The minimum absolute atomic E-state index is 0.0388. The summed E-state index contributed by atoms with van der Waals surface area (Å²) >= 11 is 0. The maximum Gasteiger partial charge on any atom is 0.332 e. The first-order chi connectivity index (χ1) is 8.43. The van der Waals surface area contributed by atoms with Crippen molar-refractivity contribution in [3.8, 4) is 0 Å². The van der Waals surface area contributed by atoms with Crippen LogP contribution in [-0.2, 0) is 9.59 Å². The Labute approximate surface area is 104 Å². The number of carbonyl (C=O) groups is 3. The maximum atomic E-state index is 11.7. The van der Waals surface area contributed by atoms with E-state index in [-0.39, 0.29) is 18.9 Å². The molecule has 0 aliphatic carbocycles. The molecular weight excluding hydrogens is 242 g/mol. The Bertz CT molecular complexity index is 346. The number of nitrogens with zero attached hydrogens (tertiary/aromatic N) is 1. The molecule has 18 heavy (non-hydrogen) atoms. The average molecular weight is 259 g/mol. The molecule has 0 aromatic carbocycles.